The van der Waals surface area contributed by atoms with E-state index in [1.807, 2.05) is 12.1 Å². The van der Waals surface area contributed by atoms with Crippen molar-refractivity contribution < 1.29 is 9.90 Å². The van der Waals surface area contributed by atoms with Gasteiger partial charge in [0.2, 0.25) is 0 Å². The standard InChI is InChI=1S/C14H18O2/c1-10(2)7-14(13(15)16)8-11-5-3-4-6-12(11)9-14/h3-6,10H,7-9H2,1-2H3,(H,15,16). The molecule has 0 bridgehead atoms. The van der Waals surface area contributed by atoms with Crippen LogP contribution in [0.5, 0.6) is 0 Å². The second-order valence-corrected chi connectivity index (χ2v) is 5.31. The maximum absolute atomic E-state index is 11.5. The topological polar surface area (TPSA) is 37.3 Å². The molecule has 1 aliphatic rings. The fourth-order valence-corrected chi connectivity index (χ4v) is 2.86. The molecule has 1 aliphatic carbocycles. The molecule has 0 unspecified atom stereocenters. The molecule has 1 N–H and O–H groups in total. The summed E-state index contributed by atoms with van der Waals surface area (Å²) in [4.78, 5) is 11.5. The number of hydrogen-bond acceptors (Lipinski definition) is 1. The molecule has 0 amide bonds. The van der Waals surface area contributed by atoms with Crippen molar-refractivity contribution in [2.24, 2.45) is 11.3 Å². The largest absolute Gasteiger partial charge is 0.481 e. The van der Waals surface area contributed by atoms with Gasteiger partial charge in [-0.25, -0.2) is 0 Å². The summed E-state index contributed by atoms with van der Waals surface area (Å²) in [6.45, 7) is 4.18. The van der Waals surface area contributed by atoms with Crippen LogP contribution in [0.15, 0.2) is 24.3 Å². The van der Waals surface area contributed by atoms with Crippen LogP contribution in [0.2, 0.25) is 0 Å². The van der Waals surface area contributed by atoms with E-state index in [0.717, 1.165) is 6.42 Å². The van der Waals surface area contributed by atoms with Crippen LogP contribution >= 0.6 is 0 Å². The van der Waals surface area contributed by atoms with Crippen molar-refractivity contribution in [1.82, 2.24) is 0 Å². The Morgan fingerprint density at radius 2 is 1.81 bits per heavy atom. The lowest BCUT2D eigenvalue weighted by atomic mass is 9.77. The number of fused-ring (bicyclic) bond motifs is 1. The Bertz CT molecular complexity index is 382. The summed E-state index contributed by atoms with van der Waals surface area (Å²) in [5, 5.41) is 9.48. The summed E-state index contributed by atoms with van der Waals surface area (Å²) in [5.41, 5.74) is 1.87. The maximum Gasteiger partial charge on any atom is 0.310 e. The van der Waals surface area contributed by atoms with Crippen molar-refractivity contribution in [2.75, 3.05) is 0 Å². The average Bonchev–Trinajstić information content (AvgIpc) is 2.55. The van der Waals surface area contributed by atoms with E-state index in [1.165, 1.54) is 11.1 Å². The molecular weight excluding hydrogens is 200 g/mol. The van der Waals surface area contributed by atoms with Gasteiger partial charge in [0.1, 0.15) is 0 Å². The lowest BCUT2D eigenvalue weighted by molar-refractivity contribution is -0.149. The van der Waals surface area contributed by atoms with Crippen LogP contribution < -0.4 is 0 Å². The van der Waals surface area contributed by atoms with Crippen LogP contribution in [-0.2, 0) is 17.6 Å². The van der Waals surface area contributed by atoms with Gasteiger partial charge in [0.05, 0.1) is 5.41 Å². The van der Waals surface area contributed by atoms with Crippen molar-refractivity contribution in [3.8, 4) is 0 Å². The first-order chi connectivity index (χ1) is 7.53. The van der Waals surface area contributed by atoms with Gasteiger partial charge in [0.25, 0.3) is 0 Å². The number of carboxylic acids is 1. The monoisotopic (exact) mass is 218 g/mol. The Balaban J connectivity index is 2.31. The summed E-state index contributed by atoms with van der Waals surface area (Å²) in [6, 6.07) is 8.10. The first kappa shape index (κ1) is 11.2. The smallest absolute Gasteiger partial charge is 0.310 e. The minimum Gasteiger partial charge on any atom is -0.481 e. The highest BCUT2D eigenvalue weighted by molar-refractivity contribution is 5.77. The number of carbonyl (C=O) groups is 1. The molecule has 16 heavy (non-hydrogen) atoms. The van der Waals surface area contributed by atoms with E-state index in [9.17, 15) is 9.90 Å². The average molecular weight is 218 g/mol. The second-order valence-electron chi connectivity index (χ2n) is 5.31. The van der Waals surface area contributed by atoms with E-state index in [-0.39, 0.29) is 0 Å². The Morgan fingerprint density at radius 1 is 1.31 bits per heavy atom. The first-order valence-corrected chi connectivity index (χ1v) is 5.84. The van der Waals surface area contributed by atoms with Crippen molar-refractivity contribution in [3.63, 3.8) is 0 Å². The maximum atomic E-state index is 11.5. The molecule has 2 nitrogen and oxygen atoms in total. The SMILES string of the molecule is CC(C)CC1(C(=O)O)Cc2ccccc2C1. The van der Waals surface area contributed by atoms with Gasteiger partial charge in [-0.3, -0.25) is 4.79 Å². The van der Waals surface area contributed by atoms with E-state index < -0.39 is 11.4 Å². The highest BCUT2D eigenvalue weighted by Gasteiger charge is 2.43. The lowest BCUT2D eigenvalue weighted by Gasteiger charge is -2.25. The fraction of sp³-hybridized carbons (Fsp3) is 0.500. The van der Waals surface area contributed by atoms with Crippen molar-refractivity contribution >= 4 is 5.97 Å². The van der Waals surface area contributed by atoms with E-state index >= 15 is 0 Å². The predicted octanol–water partition coefficient (Wildman–Crippen LogP) is 2.90. The molecule has 0 aromatic heterocycles. The number of aliphatic carboxylic acids is 1. The Kier molecular flexibility index (Phi) is 2.75. The van der Waals surface area contributed by atoms with E-state index in [0.29, 0.717) is 18.8 Å². The normalized spacial score (nSPS) is 17.4. The molecule has 0 spiro atoms. The number of benzene rings is 1. The quantitative estimate of drug-likeness (QED) is 0.847. The third-order valence-electron chi connectivity index (χ3n) is 3.43. The summed E-state index contributed by atoms with van der Waals surface area (Å²) in [6.07, 6.45) is 2.14. The number of rotatable bonds is 3. The third kappa shape index (κ3) is 1.84. The van der Waals surface area contributed by atoms with Gasteiger partial charge in [-0.05, 0) is 36.3 Å². The molecule has 0 aliphatic heterocycles. The van der Waals surface area contributed by atoms with Crippen molar-refractivity contribution in [3.05, 3.63) is 35.4 Å². The number of carboxylic acid groups (broad SMARTS) is 1. The zero-order chi connectivity index (χ0) is 11.8. The molecule has 0 atom stereocenters. The summed E-state index contributed by atoms with van der Waals surface area (Å²) >= 11 is 0. The van der Waals surface area contributed by atoms with Crippen LogP contribution in [0, 0.1) is 11.3 Å². The van der Waals surface area contributed by atoms with Gasteiger partial charge < -0.3 is 5.11 Å². The summed E-state index contributed by atoms with van der Waals surface area (Å²) < 4.78 is 0. The van der Waals surface area contributed by atoms with E-state index in [1.54, 1.807) is 0 Å². The molecule has 0 saturated heterocycles. The Morgan fingerprint density at radius 3 is 2.19 bits per heavy atom. The molecule has 0 fully saturated rings. The second kappa shape index (κ2) is 3.93. The zero-order valence-electron chi connectivity index (χ0n) is 9.86. The van der Waals surface area contributed by atoms with Gasteiger partial charge in [-0.2, -0.15) is 0 Å². The third-order valence-corrected chi connectivity index (χ3v) is 3.43. The molecule has 1 aromatic rings. The summed E-state index contributed by atoms with van der Waals surface area (Å²) in [7, 11) is 0. The molecule has 1 aromatic carbocycles. The van der Waals surface area contributed by atoms with Crippen LogP contribution in [0.4, 0.5) is 0 Å². The number of hydrogen-bond donors (Lipinski definition) is 1. The minimum atomic E-state index is -0.641. The molecule has 86 valence electrons. The van der Waals surface area contributed by atoms with Gasteiger partial charge in [-0.15, -0.1) is 0 Å². The molecule has 0 radical (unpaired) electrons. The first-order valence-electron chi connectivity index (χ1n) is 5.84. The van der Waals surface area contributed by atoms with Crippen molar-refractivity contribution in [2.45, 2.75) is 33.1 Å². The van der Waals surface area contributed by atoms with Crippen LogP contribution in [0.3, 0.4) is 0 Å². The molecule has 2 rings (SSSR count). The van der Waals surface area contributed by atoms with Crippen LogP contribution in [-0.4, -0.2) is 11.1 Å². The predicted molar refractivity (Wildman–Crippen MR) is 63.4 cm³/mol. The van der Waals surface area contributed by atoms with Crippen LogP contribution in [0.1, 0.15) is 31.4 Å². The van der Waals surface area contributed by atoms with Crippen molar-refractivity contribution in [1.29, 1.82) is 0 Å². The van der Waals surface area contributed by atoms with Gasteiger partial charge in [0.15, 0.2) is 0 Å². The van der Waals surface area contributed by atoms with Crippen LogP contribution in [0.25, 0.3) is 0 Å². The van der Waals surface area contributed by atoms with E-state index in [2.05, 4.69) is 26.0 Å². The highest BCUT2D eigenvalue weighted by atomic mass is 16.4. The molecule has 0 heterocycles. The van der Waals surface area contributed by atoms with E-state index in [4.69, 9.17) is 0 Å². The Labute approximate surface area is 96.3 Å². The fourth-order valence-electron chi connectivity index (χ4n) is 2.86. The van der Waals surface area contributed by atoms with Gasteiger partial charge in [-0.1, -0.05) is 38.1 Å². The molecular formula is C14H18O2. The molecule has 0 saturated carbocycles. The minimum absolute atomic E-state index is 0.422. The van der Waals surface area contributed by atoms with Gasteiger partial charge in [0, 0.05) is 0 Å². The lowest BCUT2D eigenvalue weighted by Crippen LogP contribution is -2.33. The zero-order valence-corrected chi connectivity index (χ0v) is 9.86. The summed E-state index contributed by atoms with van der Waals surface area (Å²) in [5.74, 6) is -0.220. The Hall–Kier alpha value is -1.31. The molecule has 2 heteroatoms. The highest BCUT2D eigenvalue weighted by Crippen LogP contribution is 2.41. The van der Waals surface area contributed by atoms with Gasteiger partial charge >= 0.3 is 5.97 Å².